The molecule has 1 aliphatic rings. The fraction of sp³-hybridized carbons (Fsp3) is 0.412. The molecule has 116 valence electrons. The van der Waals surface area contributed by atoms with Gasteiger partial charge in [0.25, 0.3) is 5.91 Å². The van der Waals surface area contributed by atoms with Gasteiger partial charge in [-0.25, -0.2) is 0 Å². The predicted octanol–water partition coefficient (Wildman–Crippen LogP) is 3.13. The highest BCUT2D eigenvalue weighted by Crippen LogP contribution is 2.25. The molecule has 0 unspecified atom stereocenters. The van der Waals surface area contributed by atoms with Crippen molar-refractivity contribution in [2.45, 2.75) is 25.8 Å². The number of rotatable bonds is 2. The predicted molar refractivity (Wildman–Crippen MR) is 92.2 cm³/mol. The number of carbonyl (C=O) groups is 1. The molecule has 0 bridgehead atoms. The van der Waals surface area contributed by atoms with Gasteiger partial charge in [0, 0.05) is 34.7 Å². The Morgan fingerprint density at radius 3 is 3.00 bits per heavy atom. The number of aryl methyl sites for hydroxylation is 1. The minimum absolute atomic E-state index is 0.105. The molecule has 0 radical (unpaired) electrons. The van der Waals surface area contributed by atoms with Gasteiger partial charge in [-0.3, -0.25) is 9.78 Å². The zero-order chi connectivity index (χ0) is 15.7. The maximum atomic E-state index is 13.0. The largest absolute Gasteiger partial charge is 0.337 e. The van der Waals surface area contributed by atoms with Gasteiger partial charge in [0.2, 0.25) is 0 Å². The van der Waals surface area contributed by atoms with Gasteiger partial charge in [-0.05, 0) is 51.1 Å². The standard InChI is InChI=1S/C17H20BrN3O/c1-11-8-15(14-9-12(18)5-6-16(14)20-11)17(22)21-7-3-4-13(10-21)19-2/h5-6,8-9,13,19H,3-4,7,10H2,1-2H3/t13-/m0/s1. The summed E-state index contributed by atoms with van der Waals surface area (Å²) in [6.45, 7) is 3.53. The Morgan fingerprint density at radius 2 is 2.23 bits per heavy atom. The summed E-state index contributed by atoms with van der Waals surface area (Å²) in [4.78, 5) is 19.5. The lowest BCUT2D eigenvalue weighted by atomic mass is 10.0. The van der Waals surface area contributed by atoms with Crippen molar-refractivity contribution in [3.05, 3.63) is 40.0 Å². The minimum Gasteiger partial charge on any atom is -0.337 e. The third-order valence-corrected chi connectivity index (χ3v) is 4.74. The highest BCUT2D eigenvalue weighted by Gasteiger charge is 2.25. The van der Waals surface area contributed by atoms with E-state index in [-0.39, 0.29) is 5.91 Å². The number of hydrogen-bond donors (Lipinski definition) is 1. The highest BCUT2D eigenvalue weighted by molar-refractivity contribution is 9.10. The average molecular weight is 362 g/mol. The maximum absolute atomic E-state index is 13.0. The smallest absolute Gasteiger partial charge is 0.254 e. The molecule has 22 heavy (non-hydrogen) atoms. The van der Waals surface area contributed by atoms with Gasteiger partial charge in [-0.2, -0.15) is 0 Å². The summed E-state index contributed by atoms with van der Waals surface area (Å²) in [5, 5.41) is 4.20. The Balaban J connectivity index is 2.01. The van der Waals surface area contributed by atoms with Crippen molar-refractivity contribution in [3.63, 3.8) is 0 Å². The molecule has 1 N–H and O–H groups in total. The molecular formula is C17H20BrN3O. The Labute approximate surface area is 139 Å². The molecule has 5 heteroatoms. The van der Waals surface area contributed by atoms with Crippen molar-refractivity contribution in [1.29, 1.82) is 0 Å². The van der Waals surface area contributed by atoms with Gasteiger partial charge in [-0.1, -0.05) is 15.9 Å². The number of likely N-dealkylation sites (N-methyl/N-ethyl adjacent to an activating group) is 1. The van der Waals surface area contributed by atoms with E-state index in [9.17, 15) is 4.79 Å². The van der Waals surface area contributed by atoms with Crippen molar-refractivity contribution in [3.8, 4) is 0 Å². The molecule has 1 aromatic heterocycles. The molecule has 2 heterocycles. The van der Waals surface area contributed by atoms with Crippen LogP contribution in [0.2, 0.25) is 0 Å². The molecule has 3 rings (SSSR count). The normalized spacial score (nSPS) is 18.7. The molecule has 0 spiro atoms. The van der Waals surface area contributed by atoms with Crippen LogP contribution < -0.4 is 5.32 Å². The van der Waals surface area contributed by atoms with Crippen molar-refractivity contribution in [1.82, 2.24) is 15.2 Å². The van der Waals surface area contributed by atoms with Gasteiger partial charge >= 0.3 is 0 Å². The van der Waals surface area contributed by atoms with Crippen LogP contribution >= 0.6 is 15.9 Å². The monoisotopic (exact) mass is 361 g/mol. The number of nitrogens with one attached hydrogen (secondary N) is 1. The first-order valence-electron chi connectivity index (χ1n) is 7.62. The molecule has 0 saturated carbocycles. The van der Waals surface area contributed by atoms with Crippen LogP contribution in [0.4, 0.5) is 0 Å². The number of fused-ring (bicyclic) bond motifs is 1. The van der Waals surface area contributed by atoms with Gasteiger partial charge in [0.15, 0.2) is 0 Å². The second kappa shape index (κ2) is 6.34. The number of likely N-dealkylation sites (tertiary alicyclic amines) is 1. The molecule has 1 atom stereocenters. The summed E-state index contributed by atoms with van der Waals surface area (Å²) in [7, 11) is 1.96. The maximum Gasteiger partial charge on any atom is 0.254 e. The van der Waals surface area contributed by atoms with E-state index in [4.69, 9.17) is 0 Å². The fourth-order valence-corrected chi connectivity index (χ4v) is 3.44. The van der Waals surface area contributed by atoms with E-state index in [0.717, 1.165) is 52.6 Å². The molecule has 0 aliphatic carbocycles. The number of pyridine rings is 1. The SMILES string of the molecule is CN[C@H]1CCCN(C(=O)c2cc(C)nc3ccc(Br)cc23)C1. The lowest BCUT2D eigenvalue weighted by Crippen LogP contribution is -2.47. The summed E-state index contributed by atoms with van der Waals surface area (Å²) in [6, 6.07) is 8.18. The second-order valence-electron chi connectivity index (χ2n) is 5.85. The lowest BCUT2D eigenvalue weighted by molar-refractivity contribution is 0.0700. The molecule has 1 saturated heterocycles. The summed E-state index contributed by atoms with van der Waals surface area (Å²) in [5.41, 5.74) is 2.50. The number of halogens is 1. The van der Waals surface area contributed by atoms with Crippen LogP contribution in [0.5, 0.6) is 0 Å². The summed E-state index contributed by atoms with van der Waals surface area (Å²) >= 11 is 3.49. The first-order chi connectivity index (χ1) is 10.6. The number of amides is 1. The van der Waals surface area contributed by atoms with Gasteiger partial charge < -0.3 is 10.2 Å². The molecule has 1 amide bonds. The highest BCUT2D eigenvalue weighted by atomic mass is 79.9. The number of piperidine rings is 1. The van der Waals surface area contributed by atoms with Crippen molar-refractivity contribution >= 4 is 32.7 Å². The lowest BCUT2D eigenvalue weighted by Gasteiger charge is -2.33. The Kier molecular flexibility index (Phi) is 4.45. The van der Waals surface area contributed by atoms with E-state index in [2.05, 4.69) is 26.2 Å². The zero-order valence-corrected chi connectivity index (χ0v) is 14.5. The number of hydrogen-bond acceptors (Lipinski definition) is 3. The quantitative estimate of drug-likeness (QED) is 0.893. The molecule has 1 aromatic carbocycles. The third-order valence-electron chi connectivity index (χ3n) is 4.25. The van der Waals surface area contributed by atoms with E-state index in [0.29, 0.717) is 6.04 Å². The Hall–Kier alpha value is -1.46. The van der Waals surface area contributed by atoms with Crippen LogP contribution in [0, 0.1) is 6.92 Å². The fourth-order valence-electron chi connectivity index (χ4n) is 3.07. The molecule has 1 aliphatic heterocycles. The number of nitrogens with zero attached hydrogens (tertiary/aromatic N) is 2. The number of benzene rings is 1. The van der Waals surface area contributed by atoms with E-state index in [1.54, 1.807) is 0 Å². The van der Waals surface area contributed by atoms with E-state index < -0.39 is 0 Å². The van der Waals surface area contributed by atoms with Crippen molar-refractivity contribution in [2.24, 2.45) is 0 Å². The molecule has 4 nitrogen and oxygen atoms in total. The van der Waals surface area contributed by atoms with Gasteiger partial charge in [-0.15, -0.1) is 0 Å². The van der Waals surface area contributed by atoms with Crippen LogP contribution in [-0.4, -0.2) is 42.0 Å². The number of carbonyl (C=O) groups excluding carboxylic acids is 1. The first kappa shape index (κ1) is 15.4. The summed E-state index contributed by atoms with van der Waals surface area (Å²) in [6.07, 6.45) is 2.17. The molecule has 1 fully saturated rings. The summed E-state index contributed by atoms with van der Waals surface area (Å²) in [5.74, 6) is 0.105. The Morgan fingerprint density at radius 1 is 1.41 bits per heavy atom. The Bertz CT molecular complexity index is 716. The van der Waals surface area contributed by atoms with Crippen LogP contribution in [-0.2, 0) is 0 Å². The number of aromatic nitrogens is 1. The van der Waals surface area contributed by atoms with Gasteiger partial charge in [0.1, 0.15) is 0 Å². The van der Waals surface area contributed by atoms with Crippen LogP contribution in [0.15, 0.2) is 28.7 Å². The molecular weight excluding hydrogens is 342 g/mol. The van der Waals surface area contributed by atoms with Gasteiger partial charge in [0.05, 0.1) is 11.1 Å². The average Bonchev–Trinajstić information content (AvgIpc) is 2.54. The first-order valence-corrected chi connectivity index (χ1v) is 8.41. The zero-order valence-electron chi connectivity index (χ0n) is 12.9. The van der Waals surface area contributed by atoms with Crippen molar-refractivity contribution < 1.29 is 4.79 Å². The van der Waals surface area contributed by atoms with E-state index in [1.807, 2.05) is 43.1 Å². The topological polar surface area (TPSA) is 45.2 Å². The van der Waals surface area contributed by atoms with E-state index in [1.165, 1.54) is 0 Å². The van der Waals surface area contributed by atoms with Crippen LogP contribution in [0.1, 0.15) is 28.9 Å². The van der Waals surface area contributed by atoms with Crippen molar-refractivity contribution in [2.75, 3.05) is 20.1 Å². The second-order valence-corrected chi connectivity index (χ2v) is 6.77. The summed E-state index contributed by atoms with van der Waals surface area (Å²) < 4.78 is 0.964. The van der Waals surface area contributed by atoms with E-state index >= 15 is 0 Å². The minimum atomic E-state index is 0.105. The molecule has 2 aromatic rings. The van der Waals surface area contributed by atoms with Crippen LogP contribution in [0.25, 0.3) is 10.9 Å². The van der Waals surface area contributed by atoms with Crippen LogP contribution in [0.3, 0.4) is 0 Å². The third kappa shape index (κ3) is 3.01.